The Labute approximate surface area is 135 Å². The van der Waals surface area contributed by atoms with E-state index in [-0.39, 0.29) is 17.2 Å². The summed E-state index contributed by atoms with van der Waals surface area (Å²) in [4.78, 5) is 24.1. The van der Waals surface area contributed by atoms with E-state index >= 15 is 0 Å². The molecule has 0 bridgehead atoms. The average molecular weight is 367 g/mol. The Morgan fingerprint density at radius 3 is 2.82 bits per heavy atom. The summed E-state index contributed by atoms with van der Waals surface area (Å²) >= 11 is 3.41. The maximum atomic E-state index is 12.4. The lowest BCUT2D eigenvalue weighted by Gasteiger charge is -2.16. The molecule has 0 unspecified atom stereocenters. The number of aryl methyl sites for hydroxylation is 1. The van der Waals surface area contributed by atoms with Crippen LogP contribution in [-0.4, -0.2) is 32.6 Å². The predicted molar refractivity (Wildman–Crippen MR) is 84.5 cm³/mol. The Balaban J connectivity index is 2.16. The Kier molecular flexibility index (Phi) is 4.92. The third kappa shape index (κ3) is 3.51. The molecule has 2 rings (SSSR count). The van der Waals surface area contributed by atoms with E-state index in [1.807, 2.05) is 13.1 Å². The van der Waals surface area contributed by atoms with Crippen molar-refractivity contribution in [1.82, 2.24) is 14.7 Å². The number of nitro benzene ring substituents is 1. The first-order valence-electron chi connectivity index (χ1n) is 6.64. The zero-order valence-corrected chi connectivity index (χ0v) is 13.8. The van der Waals surface area contributed by atoms with Crippen molar-refractivity contribution < 1.29 is 9.72 Å². The van der Waals surface area contributed by atoms with E-state index in [4.69, 9.17) is 0 Å². The van der Waals surface area contributed by atoms with E-state index in [0.717, 1.165) is 16.7 Å². The second-order valence-corrected chi connectivity index (χ2v) is 5.60. The molecule has 1 amide bonds. The zero-order chi connectivity index (χ0) is 16.3. The normalized spacial score (nSPS) is 10.5. The molecule has 8 heteroatoms. The Bertz CT molecular complexity index is 714. The molecule has 0 N–H and O–H groups in total. The molecule has 0 saturated carbocycles. The van der Waals surface area contributed by atoms with Gasteiger partial charge in [0.15, 0.2) is 0 Å². The number of rotatable bonds is 5. The van der Waals surface area contributed by atoms with Crippen LogP contribution in [0.4, 0.5) is 5.69 Å². The Morgan fingerprint density at radius 1 is 1.50 bits per heavy atom. The van der Waals surface area contributed by atoms with Gasteiger partial charge in [0.25, 0.3) is 11.6 Å². The highest BCUT2D eigenvalue weighted by Gasteiger charge is 2.17. The van der Waals surface area contributed by atoms with Gasteiger partial charge < -0.3 is 4.90 Å². The molecule has 0 radical (unpaired) electrons. The molecule has 0 aliphatic rings. The van der Waals surface area contributed by atoms with Gasteiger partial charge in [-0.3, -0.25) is 19.6 Å². The van der Waals surface area contributed by atoms with Crippen LogP contribution in [0.25, 0.3) is 0 Å². The van der Waals surface area contributed by atoms with Gasteiger partial charge in [0.1, 0.15) is 0 Å². The van der Waals surface area contributed by atoms with Crippen molar-refractivity contribution >= 4 is 27.5 Å². The highest BCUT2D eigenvalue weighted by Crippen LogP contribution is 2.19. The lowest BCUT2D eigenvalue weighted by atomic mass is 10.2. The van der Waals surface area contributed by atoms with E-state index in [0.29, 0.717) is 6.54 Å². The average Bonchev–Trinajstić information content (AvgIpc) is 2.86. The fourth-order valence-corrected chi connectivity index (χ4v) is 2.42. The molecular formula is C14H15BrN4O3. The van der Waals surface area contributed by atoms with Crippen LogP contribution in [0.15, 0.2) is 34.9 Å². The first-order valence-corrected chi connectivity index (χ1v) is 7.43. The highest BCUT2D eigenvalue weighted by molar-refractivity contribution is 9.10. The van der Waals surface area contributed by atoms with E-state index < -0.39 is 4.92 Å². The summed E-state index contributed by atoms with van der Waals surface area (Å²) in [6.07, 6.45) is 1.85. The van der Waals surface area contributed by atoms with Crippen LogP contribution in [-0.2, 0) is 13.1 Å². The summed E-state index contributed by atoms with van der Waals surface area (Å²) in [5.41, 5.74) is 0.918. The van der Waals surface area contributed by atoms with E-state index in [1.54, 1.807) is 17.8 Å². The van der Waals surface area contributed by atoms with Crippen molar-refractivity contribution in [3.63, 3.8) is 0 Å². The van der Waals surface area contributed by atoms with Crippen molar-refractivity contribution in [3.8, 4) is 0 Å². The number of halogens is 1. The molecule has 0 spiro atoms. The molecule has 1 heterocycles. The SMILES string of the molecule is CCn1cc(Br)c(CN(C)C(=O)c2cccc([N+](=O)[O-])c2)n1. The molecule has 0 aliphatic carbocycles. The van der Waals surface area contributed by atoms with Gasteiger partial charge in [-0.25, -0.2) is 0 Å². The molecule has 0 fully saturated rings. The zero-order valence-electron chi connectivity index (χ0n) is 12.2. The molecule has 0 aliphatic heterocycles. The van der Waals surface area contributed by atoms with Crippen LogP contribution in [0.1, 0.15) is 23.0 Å². The van der Waals surface area contributed by atoms with Gasteiger partial charge in [-0.15, -0.1) is 0 Å². The molecule has 2 aromatic rings. The fraction of sp³-hybridized carbons (Fsp3) is 0.286. The van der Waals surface area contributed by atoms with Crippen molar-refractivity contribution in [2.24, 2.45) is 0 Å². The monoisotopic (exact) mass is 366 g/mol. The number of hydrogen-bond donors (Lipinski definition) is 0. The second kappa shape index (κ2) is 6.69. The van der Waals surface area contributed by atoms with Crippen molar-refractivity contribution in [2.75, 3.05) is 7.05 Å². The van der Waals surface area contributed by atoms with Crippen molar-refractivity contribution in [3.05, 3.63) is 56.3 Å². The minimum Gasteiger partial charge on any atom is -0.336 e. The summed E-state index contributed by atoms with van der Waals surface area (Å²) in [5.74, 6) is -0.290. The van der Waals surface area contributed by atoms with Gasteiger partial charge in [0, 0.05) is 37.5 Å². The first-order chi connectivity index (χ1) is 10.4. The summed E-state index contributed by atoms with van der Waals surface area (Å²) < 4.78 is 2.60. The van der Waals surface area contributed by atoms with Crippen molar-refractivity contribution in [2.45, 2.75) is 20.0 Å². The van der Waals surface area contributed by atoms with E-state index in [2.05, 4.69) is 21.0 Å². The lowest BCUT2D eigenvalue weighted by Crippen LogP contribution is -2.26. The van der Waals surface area contributed by atoms with E-state index in [1.165, 1.54) is 23.1 Å². The minimum atomic E-state index is -0.518. The summed E-state index contributed by atoms with van der Waals surface area (Å²) in [6.45, 7) is 3.03. The summed E-state index contributed by atoms with van der Waals surface area (Å²) in [7, 11) is 1.64. The standard InChI is InChI=1S/C14H15BrN4O3/c1-3-18-8-12(15)13(16-18)9-17(2)14(20)10-5-4-6-11(7-10)19(21)22/h4-8H,3,9H2,1-2H3. The number of non-ortho nitro benzene ring substituents is 1. The van der Waals surface area contributed by atoms with Gasteiger partial charge in [-0.1, -0.05) is 6.07 Å². The predicted octanol–water partition coefficient (Wildman–Crippen LogP) is 2.85. The van der Waals surface area contributed by atoms with Crippen LogP contribution in [0.3, 0.4) is 0 Å². The number of carbonyl (C=O) groups excluding carboxylic acids is 1. The highest BCUT2D eigenvalue weighted by atomic mass is 79.9. The van der Waals surface area contributed by atoms with Crippen LogP contribution < -0.4 is 0 Å². The van der Waals surface area contributed by atoms with Gasteiger partial charge in [0.2, 0.25) is 0 Å². The maximum absolute atomic E-state index is 12.4. The molecule has 7 nitrogen and oxygen atoms in total. The second-order valence-electron chi connectivity index (χ2n) is 4.75. The molecule has 0 atom stereocenters. The first kappa shape index (κ1) is 16.2. The Hall–Kier alpha value is -2.22. The molecule has 22 heavy (non-hydrogen) atoms. The van der Waals surface area contributed by atoms with Gasteiger partial charge in [-0.05, 0) is 28.9 Å². The molecule has 0 saturated heterocycles. The topological polar surface area (TPSA) is 81.3 Å². The smallest absolute Gasteiger partial charge is 0.270 e. The van der Waals surface area contributed by atoms with Crippen LogP contribution in [0.5, 0.6) is 0 Å². The number of benzene rings is 1. The van der Waals surface area contributed by atoms with Gasteiger partial charge in [0.05, 0.1) is 21.6 Å². The largest absolute Gasteiger partial charge is 0.336 e. The third-order valence-corrected chi connectivity index (χ3v) is 3.81. The van der Waals surface area contributed by atoms with Crippen molar-refractivity contribution in [1.29, 1.82) is 0 Å². The maximum Gasteiger partial charge on any atom is 0.270 e. The number of nitrogens with zero attached hydrogens (tertiary/aromatic N) is 4. The number of aromatic nitrogens is 2. The van der Waals surface area contributed by atoms with Crippen LogP contribution in [0.2, 0.25) is 0 Å². The molecule has 1 aromatic carbocycles. The quantitative estimate of drug-likeness (QED) is 0.601. The summed E-state index contributed by atoms with van der Waals surface area (Å²) in [5, 5.41) is 15.1. The molecule has 116 valence electrons. The van der Waals surface area contributed by atoms with Gasteiger partial charge in [-0.2, -0.15) is 5.10 Å². The minimum absolute atomic E-state index is 0.101. The molecule has 1 aromatic heterocycles. The number of carbonyl (C=O) groups is 1. The van der Waals surface area contributed by atoms with E-state index in [9.17, 15) is 14.9 Å². The third-order valence-electron chi connectivity index (χ3n) is 3.15. The summed E-state index contributed by atoms with van der Waals surface area (Å²) in [6, 6.07) is 5.70. The number of amides is 1. The molecular weight excluding hydrogens is 352 g/mol. The number of hydrogen-bond acceptors (Lipinski definition) is 4. The fourth-order valence-electron chi connectivity index (χ4n) is 1.98. The Morgan fingerprint density at radius 2 is 2.23 bits per heavy atom. The van der Waals surface area contributed by atoms with Crippen LogP contribution in [0, 0.1) is 10.1 Å². The lowest BCUT2D eigenvalue weighted by molar-refractivity contribution is -0.384. The van der Waals surface area contributed by atoms with Crippen LogP contribution >= 0.6 is 15.9 Å². The number of nitro groups is 1. The van der Waals surface area contributed by atoms with Gasteiger partial charge >= 0.3 is 0 Å².